The molecular weight excluding hydrogens is 300 g/mol. The Morgan fingerprint density at radius 3 is 2.61 bits per heavy atom. The Morgan fingerprint density at radius 1 is 1.33 bits per heavy atom. The summed E-state index contributed by atoms with van der Waals surface area (Å²) in [4.78, 5) is 22.7. The minimum absolute atomic E-state index is 0.169. The molecule has 0 amide bonds. The number of carboxylic acid groups (broad SMARTS) is 1. The van der Waals surface area contributed by atoms with Gasteiger partial charge in [0.05, 0.1) is 11.0 Å². The van der Waals surface area contributed by atoms with Gasteiger partial charge >= 0.3 is 5.97 Å². The molecule has 0 atom stereocenters. The smallest absolute Gasteiger partial charge is 0.356 e. The van der Waals surface area contributed by atoms with Crippen molar-refractivity contribution in [1.29, 1.82) is 0 Å². The van der Waals surface area contributed by atoms with Crippen LogP contribution in [0.1, 0.15) is 16.1 Å². The average molecular weight is 309 g/mol. The zero-order valence-electron chi connectivity index (χ0n) is 9.21. The van der Waals surface area contributed by atoms with Crippen molar-refractivity contribution in [2.75, 3.05) is 0 Å². The predicted molar refractivity (Wildman–Crippen MR) is 68.7 cm³/mol. The minimum atomic E-state index is -1.17. The van der Waals surface area contributed by atoms with E-state index in [9.17, 15) is 9.59 Å². The summed E-state index contributed by atoms with van der Waals surface area (Å²) in [7, 11) is 0. The van der Waals surface area contributed by atoms with Crippen LogP contribution in [-0.4, -0.2) is 20.9 Å². The molecule has 2 rings (SSSR count). The Bertz CT molecular complexity index is 638. The average Bonchev–Trinajstić information content (AvgIpc) is 2.35. The van der Waals surface area contributed by atoms with Gasteiger partial charge in [0.25, 0.3) is 5.56 Å². The molecule has 1 aromatic carbocycles. The van der Waals surface area contributed by atoms with Gasteiger partial charge in [0.2, 0.25) is 0 Å². The van der Waals surface area contributed by atoms with E-state index in [-0.39, 0.29) is 22.3 Å². The van der Waals surface area contributed by atoms with Gasteiger partial charge in [-0.25, -0.2) is 9.48 Å². The SMILES string of the molecule is O=C(O)c1cc(Br)c(=O)n(Cc2ccccc2)n1. The zero-order chi connectivity index (χ0) is 13.1. The molecule has 1 heterocycles. The number of hydrogen-bond donors (Lipinski definition) is 1. The number of carbonyl (C=O) groups is 1. The molecule has 0 aliphatic carbocycles. The second-order valence-electron chi connectivity index (χ2n) is 3.63. The lowest BCUT2D eigenvalue weighted by Crippen LogP contribution is -2.26. The minimum Gasteiger partial charge on any atom is -0.476 e. The van der Waals surface area contributed by atoms with Crippen molar-refractivity contribution in [2.24, 2.45) is 0 Å². The van der Waals surface area contributed by atoms with Gasteiger partial charge in [-0.2, -0.15) is 5.10 Å². The molecule has 1 aromatic heterocycles. The Balaban J connectivity index is 2.44. The first kappa shape index (κ1) is 12.5. The molecule has 0 bridgehead atoms. The van der Waals surface area contributed by atoms with Crippen LogP contribution in [0.25, 0.3) is 0 Å². The van der Waals surface area contributed by atoms with E-state index in [4.69, 9.17) is 5.11 Å². The maximum absolute atomic E-state index is 11.8. The van der Waals surface area contributed by atoms with Crippen LogP contribution in [0.4, 0.5) is 0 Å². The third-order valence-corrected chi connectivity index (χ3v) is 2.89. The van der Waals surface area contributed by atoms with Gasteiger partial charge in [-0.15, -0.1) is 0 Å². The van der Waals surface area contributed by atoms with Crippen LogP contribution in [0.5, 0.6) is 0 Å². The lowest BCUT2D eigenvalue weighted by molar-refractivity contribution is 0.0687. The number of rotatable bonds is 3. The summed E-state index contributed by atoms with van der Waals surface area (Å²) < 4.78 is 1.31. The van der Waals surface area contributed by atoms with Crippen molar-refractivity contribution in [3.63, 3.8) is 0 Å². The van der Waals surface area contributed by atoms with Crippen molar-refractivity contribution in [1.82, 2.24) is 9.78 Å². The normalized spacial score (nSPS) is 10.3. The second-order valence-corrected chi connectivity index (χ2v) is 4.49. The Morgan fingerprint density at radius 2 is 2.00 bits per heavy atom. The number of benzene rings is 1. The molecule has 0 spiro atoms. The molecule has 0 aliphatic rings. The van der Waals surface area contributed by atoms with Gasteiger partial charge in [0.1, 0.15) is 0 Å². The summed E-state index contributed by atoms with van der Waals surface area (Å²) in [5, 5.41) is 12.7. The summed E-state index contributed by atoms with van der Waals surface area (Å²) >= 11 is 3.04. The lowest BCUT2D eigenvalue weighted by Gasteiger charge is -2.06. The fourth-order valence-corrected chi connectivity index (χ4v) is 1.90. The summed E-state index contributed by atoms with van der Waals surface area (Å²) in [6, 6.07) is 10.4. The molecule has 0 aliphatic heterocycles. The topological polar surface area (TPSA) is 72.2 Å². The molecule has 5 nitrogen and oxygen atoms in total. The van der Waals surface area contributed by atoms with Crippen molar-refractivity contribution in [3.05, 3.63) is 62.5 Å². The molecule has 0 saturated carbocycles. The van der Waals surface area contributed by atoms with Crippen molar-refractivity contribution in [2.45, 2.75) is 6.54 Å². The Hall–Kier alpha value is -1.95. The number of aromatic nitrogens is 2. The van der Waals surface area contributed by atoms with Crippen LogP contribution >= 0.6 is 15.9 Å². The van der Waals surface area contributed by atoms with Gasteiger partial charge in [0.15, 0.2) is 5.69 Å². The first-order valence-corrected chi connectivity index (χ1v) is 5.92. The van der Waals surface area contributed by atoms with E-state index in [1.54, 1.807) is 0 Å². The number of carboxylic acids is 1. The Labute approximate surface area is 111 Å². The molecule has 92 valence electrons. The molecular formula is C12H9BrN2O3. The number of hydrogen-bond acceptors (Lipinski definition) is 3. The number of halogens is 1. The van der Waals surface area contributed by atoms with Gasteiger partial charge in [-0.3, -0.25) is 4.79 Å². The van der Waals surface area contributed by atoms with E-state index in [2.05, 4.69) is 21.0 Å². The highest BCUT2D eigenvalue weighted by atomic mass is 79.9. The van der Waals surface area contributed by atoms with Crippen LogP contribution in [0.15, 0.2) is 45.7 Å². The standard InChI is InChI=1S/C12H9BrN2O3/c13-9-6-10(12(17)18)14-15(11(9)16)7-8-4-2-1-3-5-8/h1-6H,7H2,(H,17,18). The van der Waals surface area contributed by atoms with Crippen LogP contribution in [-0.2, 0) is 6.54 Å². The quantitative estimate of drug-likeness (QED) is 0.937. The van der Waals surface area contributed by atoms with E-state index in [0.717, 1.165) is 10.2 Å². The van der Waals surface area contributed by atoms with Crippen LogP contribution in [0.2, 0.25) is 0 Å². The highest BCUT2D eigenvalue weighted by molar-refractivity contribution is 9.10. The van der Waals surface area contributed by atoms with Gasteiger partial charge in [-0.1, -0.05) is 30.3 Å². The summed E-state index contributed by atoms with van der Waals surface area (Å²) in [5.41, 5.74) is 0.350. The van der Waals surface area contributed by atoms with Crippen LogP contribution in [0, 0.1) is 0 Å². The molecule has 0 fully saturated rings. The zero-order valence-corrected chi connectivity index (χ0v) is 10.8. The summed E-state index contributed by atoms with van der Waals surface area (Å²) in [6.45, 7) is 0.236. The summed E-state index contributed by atoms with van der Waals surface area (Å²) in [6.07, 6.45) is 0. The molecule has 1 N–H and O–H groups in total. The van der Waals surface area contributed by atoms with Gasteiger partial charge in [-0.05, 0) is 27.6 Å². The van der Waals surface area contributed by atoms with Crippen molar-refractivity contribution in [3.8, 4) is 0 Å². The molecule has 0 saturated heterocycles. The van der Waals surface area contributed by atoms with Crippen LogP contribution < -0.4 is 5.56 Å². The molecule has 6 heteroatoms. The number of aromatic carboxylic acids is 1. The first-order chi connectivity index (χ1) is 8.58. The molecule has 0 unspecified atom stereocenters. The third-order valence-electron chi connectivity index (χ3n) is 2.32. The van der Waals surface area contributed by atoms with Crippen LogP contribution in [0.3, 0.4) is 0 Å². The fraction of sp³-hybridized carbons (Fsp3) is 0.0833. The molecule has 0 radical (unpaired) electrons. The molecule has 2 aromatic rings. The highest BCUT2D eigenvalue weighted by Gasteiger charge is 2.11. The van der Waals surface area contributed by atoms with E-state index in [0.29, 0.717) is 0 Å². The third kappa shape index (κ3) is 2.65. The van der Waals surface area contributed by atoms with Crippen molar-refractivity contribution >= 4 is 21.9 Å². The Kier molecular flexibility index (Phi) is 3.57. The largest absolute Gasteiger partial charge is 0.476 e. The van der Waals surface area contributed by atoms with Crippen molar-refractivity contribution < 1.29 is 9.90 Å². The lowest BCUT2D eigenvalue weighted by atomic mass is 10.2. The first-order valence-electron chi connectivity index (χ1n) is 5.13. The maximum atomic E-state index is 11.8. The summed E-state index contributed by atoms with van der Waals surface area (Å²) in [5.74, 6) is -1.17. The molecule has 18 heavy (non-hydrogen) atoms. The van der Waals surface area contributed by atoms with Gasteiger partial charge < -0.3 is 5.11 Å². The van der Waals surface area contributed by atoms with E-state index >= 15 is 0 Å². The highest BCUT2D eigenvalue weighted by Crippen LogP contribution is 2.06. The van der Waals surface area contributed by atoms with E-state index in [1.165, 1.54) is 6.07 Å². The second kappa shape index (κ2) is 5.14. The monoisotopic (exact) mass is 308 g/mol. The fourth-order valence-electron chi connectivity index (χ4n) is 1.48. The maximum Gasteiger partial charge on any atom is 0.356 e. The number of nitrogens with zero attached hydrogens (tertiary/aromatic N) is 2. The van der Waals surface area contributed by atoms with E-state index < -0.39 is 5.97 Å². The predicted octanol–water partition coefficient (Wildman–Crippen LogP) is 1.75. The van der Waals surface area contributed by atoms with Gasteiger partial charge in [0, 0.05) is 0 Å². The van der Waals surface area contributed by atoms with E-state index in [1.807, 2.05) is 30.3 Å².